The summed E-state index contributed by atoms with van der Waals surface area (Å²) in [6.45, 7) is 5.06. The molecule has 0 saturated carbocycles. The summed E-state index contributed by atoms with van der Waals surface area (Å²) in [6.07, 6.45) is 0. The molecule has 1 fully saturated rings. The molecule has 0 aliphatic carbocycles. The van der Waals surface area contributed by atoms with Crippen molar-refractivity contribution in [3.05, 3.63) is 29.8 Å². The number of anilines is 1. The van der Waals surface area contributed by atoms with Crippen LogP contribution in [0.4, 0.5) is 5.69 Å². The minimum Gasteiger partial charge on any atom is -0.378 e. The number of ether oxygens (including phenoxy) is 1. The Bertz CT molecular complexity index is 562. The van der Waals surface area contributed by atoms with Crippen LogP contribution in [0, 0.1) is 0 Å². The van der Waals surface area contributed by atoms with E-state index in [4.69, 9.17) is 4.74 Å². The van der Waals surface area contributed by atoms with Gasteiger partial charge in [-0.25, -0.2) is 0 Å². The van der Waals surface area contributed by atoms with Crippen LogP contribution in [-0.4, -0.2) is 55.3 Å². The first-order chi connectivity index (χ1) is 10.5. The van der Waals surface area contributed by atoms with Gasteiger partial charge in [0.25, 0.3) is 0 Å². The molecule has 1 heterocycles. The Balaban J connectivity index is 2.10. The highest BCUT2D eigenvalue weighted by molar-refractivity contribution is 5.98. The molecule has 22 heavy (non-hydrogen) atoms. The first-order valence-corrected chi connectivity index (χ1v) is 7.23. The summed E-state index contributed by atoms with van der Waals surface area (Å²) >= 11 is 0. The number of nitrogens with zero attached hydrogens (tertiary/aromatic N) is 2. The molecule has 0 spiro atoms. The van der Waals surface area contributed by atoms with Crippen LogP contribution in [0.2, 0.25) is 0 Å². The van der Waals surface area contributed by atoms with Crippen molar-refractivity contribution >= 4 is 23.3 Å². The Morgan fingerprint density at radius 2 is 1.68 bits per heavy atom. The van der Waals surface area contributed by atoms with Gasteiger partial charge in [-0.15, -0.1) is 0 Å². The van der Waals surface area contributed by atoms with Crippen LogP contribution in [0.15, 0.2) is 24.3 Å². The zero-order chi connectivity index (χ0) is 16.1. The number of carbonyl (C=O) groups excluding carboxylic acids is 3. The van der Waals surface area contributed by atoms with Crippen LogP contribution >= 0.6 is 0 Å². The fraction of sp³-hybridized carbons (Fsp3) is 0.438. The van der Waals surface area contributed by atoms with Crippen LogP contribution in [0.1, 0.15) is 24.2 Å². The molecule has 0 unspecified atom stereocenters. The minimum atomic E-state index is -0.211. The molecule has 0 atom stereocenters. The smallest absolute Gasteiger partial charge is 0.242 e. The second-order valence-corrected chi connectivity index (χ2v) is 5.20. The highest BCUT2D eigenvalue weighted by Crippen LogP contribution is 2.16. The first-order valence-electron chi connectivity index (χ1n) is 7.23. The zero-order valence-electron chi connectivity index (χ0n) is 12.9. The number of amides is 2. The molecular weight excluding hydrogens is 284 g/mol. The van der Waals surface area contributed by atoms with E-state index < -0.39 is 0 Å². The number of carbonyl (C=O) groups is 3. The second kappa shape index (κ2) is 7.17. The molecule has 0 N–H and O–H groups in total. The van der Waals surface area contributed by atoms with Crippen molar-refractivity contribution in [1.29, 1.82) is 0 Å². The molecule has 1 aliphatic heterocycles. The van der Waals surface area contributed by atoms with Gasteiger partial charge in [-0.2, -0.15) is 0 Å². The highest BCUT2D eigenvalue weighted by atomic mass is 16.5. The molecule has 1 aliphatic rings. The van der Waals surface area contributed by atoms with Crippen LogP contribution in [0.3, 0.4) is 0 Å². The number of rotatable bonds is 4. The maximum Gasteiger partial charge on any atom is 0.242 e. The third kappa shape index (κ3) is 3.92. The molecule has 6 heteroatoms. The lowest BCUT2D eigenvalue weighted by Crippen LogP contribution is -2.46. The Labute approximate surface area is 129 Å². The summed E-state index contributed by atoms with van der Waals surface area (Å²) in [5, 5.41) is 0. The van der Waals surface area contributed by atoms with E-state index in [0.717, 1.165) is 0 Å². The topological polar surface area (TPSA) is 66.9 Å². The molecule has 0 aromatic heterocycles. The summed E-state index contributed by atoms with van der Waals surface area (Å²) in [7, 11) is 0. The van der Waals surface area contributed by atoms with Gasteiger partial charge in [-0.1, -0.05) is 0 Å². The fourth-order valence-electron chi connectivity index (χ4n) is 2.31. The van der Waals surface area contributed by atoms with Crippen LogP contribution in [-0.2, 0) is 14.3 Å². The zero-order valence-corrected chi connectivity index (χ0v) is 12.9. The number of hydrogen-bond acceptors (Lipinski definition) is 4. The molecule has 1 aromatic carbocycles. The third-order valence-corrected chi connectivity index (χ3v) is 3.62. The summed E-state index contributed by atoms with van der Waals surface area (Å²) in [5.74, 6) is -0.350. The Morgan fingerprint density at radius 3 is 2.18 bits per heavy atom. The summed E-state index contributed by atoms with van der Waals surface area (Å²) in [5.41, 5.74) is 1.19. The first kappa shape index (κ1) is 16.2. The number of benzene rings is 1. The highest BCUT2D eigenvalue weighted by Gasteiger charge is 2.22. The molecule has 6 nitrogen and oxygen atoms in total. The molecular formula is C16H20N2O4. The van der Waals surface area contributed by atoms with Crippen molar-refractivity contribution in [1.82, 2.24) is 4.90 Å². The lowest BCUT2D eigenvalue weighted by atomic mass is 10.1. The van der Waals surface area contributed by atoms with E-state index >= 15 is 0 Å². The number of ketones is 1. The normalized spacial score (nSPS) is 14.5. The Kier molecular flexibility index (Phi) is 5.27. The standard InChI is InChI=1S/C16H20N2O4/c1-12(19)14-3-5-15(6-4-14)18(13(2)20)11-16(21)17-7-9-22-10-8-17/h3-6H,7-11H2,1-2H3. The van der Waals surface area contributed by atoms with Gasteiger partial charge in [-0.3, -0.25) is 14.4 Å². The molecule has 1 saturated heterocycles. The van der Waals surface area contributed by atoms with Gasteiger partial charge < -0.3 is 14.5 Å². The Morgan fingerprint density at radius 1 is 1.09 bits per heavy atom. The monoisotopic (exact) mass is 304 g/mol. The van der Waals surface area contributed by atoms with E-state index in [1.54, 1.807) is 29.2 Å². The van der Waals surface area contributed by atoms with Gasteiger partial charge in [-0.05, 0) is 31.2 Å². The van der Waals surface area contributed by atoms with Crippen LogP contribution in [0.25, 0.3) is 0 Å². The van der Waals surface area contributed by atoms with E-state index in [-0.39, 0.29) is 24.1 Å². The van der Waals surface area contributed by atoms with E-state index in [0.29, 0.717) is 37.6 Å². The van der Waals surface area contributed by atoms with Crippen LogP contribution in [0.5, 0.6) is 0 Å². The van der Waals surface area contributed by atoms with Gasteiger partial charge in [0, 0.05) is 31.3 Å². The maximum atomic E-state index is 12.3. The van der Waals surface area contributed by atoms with E-state index in [1.807, 2.05) is 0 Å². The molecule has 2 rings (SSSR count). The van der Waals surface area contributed by atoms with Crippen molar-refractivity contribution in [2.75, 3.05) is 37.7 Å². The van der Waals surface area contributed by atoms with Gasteiger partial charge in [0.1, 0.15) is 6.54 Å². The summed E-state index contributed by atoms with van der Waals surface area (Å²) < 4.78 is 5.22. The lowest BCUT2D eigenvalue weighted by molar-refractivity contribution is -0.134. The average Bonchev–Trinajstić information content (AvgIpc) is 2.53. The predicted octanol–water partition coefficient (Wildman–Crippen LogP) is 1.10. The lowest BCUT2D eigenvalue weighted by Gasteiger charge is -2.29. The average molecular weight is 304 g/mol. The summed E-state index contributed by atoms with van der Waals surface area (Å²) in [4.78, 5) is 38.5. The minimum absolute atomic E-state index is 0.00521. The molecule has 118 valence electrons. The number of morpholine rings is 1. The van der Waals surface area contributed by atoms with E-state index in [9.17, 15) is 14.4 Å². The quantitative estimate of drug-likeness (QED) is 0.781. The van der Waals surface area contributed by atoms with Crippen molar-refractivity contribution in [2.45, 2.75) is 13.8 Å². The number of Topliss-reactive ketones (excluding diaryl/α,β-unsaturated/α-hetero) is 1. The van der Waals surface area contributed by atoms with Gasteiger partial charge in [0.2, 0.25) is 11.8 Å². The SMILES string of the molecule is CC(=O)c1ccc(N(CC(=O)N2CCOCC2)C(C)=O)cc1. The third-order valence-electron chi connectivity index (χ3n) is 3.62. The maximum absolute atomic E-state index is 12.3. The molecule has 1 aromatic rings. The molecule has 2 amide bonds. The predicted molar refractivity (Wildman–Crippen MR) is 81.9 cm³/mol. The van der Waals surface area contributed by atoms with Crippen molar-refractivity contribution in [3.8, 4) is 0 Å². The fourth-order valence-corrected chi connectivity index (χ4v) is 2.31. The number of hydrogen-bond donors (Lipinski definition) is 0. The van der Waals surface area contributed by atoms with Crippen LogP contribution < -0.4 is 4.90 Å². The van der Waals surface area contributed by atoms with Gasteiger partial charge >= 0.3 is 0 Å². The molecule has 0 bridgehead atoms. The second-order valence-electron chi connectivity index (χ2n) is 5.20. The van der Waals surface area contributed by atoms with Crippen molar-refractivity contribution in [3.63, 3.8) is 0 Å². The van der Waals surface area contributed by atoms with Gasteiger partial charge in [0.15, 0.2) is 5.78 Å². The van der Waals surface area contributed by atoms with E-state index in [2.05, 4.69) is 0 Å². The van der Waals surface area contributed by atoms with Crippen molar-refractivity contribution < 1.29 is 19.1 Å². The van der Waals surface area contributed by atoms with Crippen molar-refractivity contribution in [2.24, 2.45) is 0 Å². The largest absolute Gasteiger partial charge is 0.378 e. The summed E-state index contributed by atoms with van der Waals surface area (Å²) in [6, 6.07) is 6.69. The van der Waals surface area contributed by atoms with Gasteiger partial charge in [0.05, 0.1) is 13.2 Å². The Hall–Kier alpha value is -2.21. The molecule has 0 radical (unpaired) electrons. The van der Waals surface area contributed by atoms with E-state index in [1.165, 1.54) is 18.7 Å².